The summed E-state index contributed by atoms with van der Waals surface area (Å²) in [4.78, 5) is 12.3. The Morgan fingerprint density at radius 2 is 1.65 bits per heavy atom. The molecule has 1 aliphatic rings. The van der Waals surface area contributed by atoms with Crippen LogP contribution in [-0.4, -0.2) is 45.0 Å². The highest BCUT2D eigenvalue weighted by molar-refractivity contribution is 7.89. The van der Waals surface area contributed by atoms with E-state index in [1.807, 2.05) is 24.3 Å². The van der Waals surface area contributed by atoms with E-state index in [0.717, 1.165) is 5.56 Å². The molecule has 0 N–H and O–H groups in total. The van der Waals surface area contributed by atoms with Gasteiger partial charge >= 0.3 is 5.97 Å². The monoisotopic (exact) mass is 443 g/mol. The van der Waals surface area contributed by atoms with Crippen molar-refractivity contribution in [2.24, 2.45) is 0 Å². The summed E-state index contributed by atoms with van der Waals surface area (Å²) in [6, 6.07) is 14.5. The Morgan fingerprint density at radius 1 is 1.03 bits per heavy atom. The Hall–Kier alpha value is -2.48. The minimum atomic E-state index is -3.52. The lowest BCUT2D eigenvalue weighted by Gasteiger charge is -2.26. The van der Waals surface area contributed by atoms with Crippen LogP contribution in [0.4, 0.5) is 0 Å². The number of esters is 1. The Balaban J connectivity index is 1.54. The van der Waals surface area contributed by atoms with Gasteiger partial charge in [0, 0.05) is 19.2 Å². The summed E-state index contributed by atoms with van der Waals surface area (Å²) >= 11 is 0. The quantitative estimate of drug-likeness (QED) is 0.502. The number of hydrogen-bond donors (Lipinski definition) is 0. The first-order valence-corrected chi connectivity index (χ1v) is 11.7. The topological polar surface area (TPSA) is 72.9 Å². The minimum absolute atomic E-state index is 0.0784. The molecule has 1 aliphatic heterocycles. The number of morpholine rings is 1. The average Bonchev–Trinajstić information content (AvgIpc) is 2.77. The fourth-order valence-electron chi connectivity index (χ4n) is 3.15. The largest absolute Gasteiger partial charge is 0.458 e. The van der Waals surface area contributed by atoms with Crippen molar-refractivity contribution in [3.05, 3.63) is 71.3 Å². The average molecular weight is 444 g/mol. The Kier molecular flexibility index (Phi) is 7.30. The van der Waals surface area contributed by atoms with Crippen LogP contribution < -0.4 is 0 Å². The van der Waals surface area contributed by atoms with E-state index in [-0.39, 0.29) is 16.9 Å². The molecule has 0 unspecified atom stereocenters. The van der Waals surface area contributed by atoms with E-state index in [9.17, 15) is 13.2 Å². The molecule has 0 saturated carbocycles. The summed E-state index contributed by atoms with van der Waals surface area (Å²) in [7, 11) is -3.52. The summed E-state index contributed by atoms with van der Waals surface area (Å²) in [6.45, 7) is 8.17. The van der Waals surface area contributed by atoms with Gasteiger partial charge in [0.15, 0.2) is 0 Å². The molecule has 7 heteroatoms. The summed E-state index contributed by atoms with van der Waals surface area (Å²) in [5, 5.41) is 0. The predicted molar refractivity (Wildman–Crippen MR) is 120 cm³/mol. The fourth-order valence-corrected chi connectivity index (χ4v) is 4.56. The molecule has 1 fully saturated rings. The van der Waals surface area contributed by atoms with E-state index in [1.165, 1.54) is 15.9 Å². The molecule has 31 heavy (non-hydrogen) atoms. The van der Waals surface area contributed by atoms with E-state index in [0.29, 0.717) is 31.9 Å². The molecule has 1 heterocycles. The van der Waals surface area contributed by atoms with Crippen LogP contribution in [0.3, 0.4) is 0 Å². The molecule has 0 spiro atoms. The third kappa shape index (κ3) is 6.26. The SMILES string of the molecule is CC(C)(C)c1ccc(COC(=O)C=Cc2ccc(S(=O)(=O)N3CCOCC3)cc2)cc1. The first-order chi connectivity index (χ1) is 14.7. The number of rotatable bonds is 6. The zero-order valence-electron chi connectivity index (χ0n) is 18.2. The van der Waals surface area contributed by atoms with Gasteiger partial charge in [-0.05, 0) is 40.3 Å². The Bertz CT molecular complexity index is 1010. The molecular weight excluding hydrogens is 414 g/mol. The fraction of sp³-hybridized carbons (Fsp3) is 0.375. The van der Waals surface area contributed by atoms with E-state index in [1.54, 1.807) is 30.3 Å². The maximum atomic E-state index is 12.6. The lowest BCUT2D eigenvalue weighted by molar-refractivity contribution is -0.138. The van der Waals surface area contributed by atoms with Gasteiger partial charge in [0.1, 0.15) is 6.61 Å². The van der Waals surface area contributed by atoms with Gasteiger partial charge in [0.25, 0.3) is 0 Å². The van der Waals surface area contributed by atoms with Gasteiger partial charge in [0.05, 0.1) is 18.1 Å². The highest BCUT2D eigenvalue weighted by atomic mass is 32.2. The minimum Gasteiger partial charge on any atom is -0.458 e. The standard InChI is InChI=1S/C24H29NO5S/c1-24(2,3)21-9-4-20(5-10-21)18-30-23(26)13-8-19-6-11-22(12-7-19)31(27,28)25-14-16-29-17-15-25/h4-13H,14-18H2,1-3H3. The molecule has 166 valence electrons. The van der Waals surface area contributed by atoms with Crippen molar-refractivity contribution < 1.29 is 22.7 Å². The molecule has 6 nitrogen and oxygen atoms in total. The molecule has 2 aromatic carbocycles. The van der Waals surface area contributed by atoms with Crippen LogP contribution in [0, 0.1) is 0 Å². The summed E-state index contributed by atoms with van der Waals surface area (Å²) in [5.74, 6) is -0.454. The number of nitrogens with zero attached hydrogens (tertiary/aromatic N) is 1. The smallest absolute Gasteiger partial charge is 0.331 e. The number of carbonyl (C=O) groups is 1. The molecule has 0 atom stereocenters. The second-order valence-electron chi connectivity index (χ2n) is 8.47. The maximum Gasteiger partial charge on any atom is 0.331 e. The van der Waals surface area contributed by atoms with Crippen LogP contribution in [0.15, 0.2) is 59.5 Å². The number of benzene rings is 2. The van der Waals surface area contributed by atoms with Gasteiger partial charge < -0.3 is 9.47 Å². The van der Waals surface area contributed by atoms with Crippen LogP contribution in [0.2, 0.25) is 0 Å². The Labute approximate surface area is 184 Å². The third-order valence-electron chi connectivity index (χ3n) is 5.10. The van der Waals surface area contributed by atoms with Gasteiger partial charge in [-0.15, -0.1) is 0 Å². The van der Waals surface area contributed by atoms with Gasteiger partial charge in [-0.25, -0.2) is 13.2 Å². The van der Waals surface area contributed by atoms with Crippen molar-refractivity contribution in [3.8, 4) is 0 Å². The molecular formula is C24H29NO5S. The van der Waals surface area contributed by atoms with Crippen molar-refractivity contribution in [2.75, 3.05) is 26.3 Å². The zero-order chi connectivity index (χ0) is 22.5. The van der Waals surface area contributed by atoms with Crippen molar-refractivity contribution in [1.82, 2.24) is 4.31 Å². The molecule has 2 aromatic rings. The second-order valence-corrected chi connectivity index (χ2v) is 10.4. The number of sulfonamides is 1. The number of hydrogen-bond acceptors (Lipinski definition) is 5. The summed E-state index contributed by atoms with van der Waals surface area (Å²) < 4.78 is 37.2. The maximum absolute atomic E-state index is 12.6. The Morgan fingerprint density at radius 3 is 2.23 bits per heavy atom. The predicted octanol–water partition coefficient (Wildman–Crippen LogP) is 3.76. The van der Waals surface area contributed by atoms with Crippen molar-refractivity contribution in [3.63, 3.8) is 0 Å². The van der Waals surface area contributed by atoms with Gasteiger partial charge in [0.2, 0.25) is 10.0 Å². The molecule has 3 rings (SSSR count). The van der Waals surface area contributed by atoms with Gasteiger partial charge in [-0.2, -0.15) is 4.31 Å². The van der Waals surface area contributed by atoms with E-state index < -0.39 is 16.0 Å². The third-order valence-corrected chi connectivity index (χ3v) is 7.01. The first kappa shape index (κ1) is 23.2. The van der Waals surface area contributed by atoms with Crippen molar-refractivity contribution in [2.45, 2.75) is 37.7 Å². The van der Waals surface area contributed by atoms with Crippen LogP contribution in [0.1, 0.15) is 37.5 Å². The molecule has 1 saturated heterocycles. The van der Waals surface area contributed by atoms with E-state index >= 15 is 0 Å². The van der Waals surface area contributed by atoms with Gasteiger partial charge in [-0.1, -0.05) is 57.2 Å². The summed E-state index contributed by atoms with van der Waals surface area (Å²) in [5.41, 5.74) is 2.94. The lowest BCUT2D eigenvalue weighted by atomic mass is 9.87. The lowest BCUT2D eigenvalue weighted by Crippen LogP contribution is -2.40. The van der Waals surface area contributed by atoms with Crippen LogP contribution in [0.25, 0.3) is 6.08 Å². The van der Waals surface area contributed by atoms with E-state index in [2.05, 4.69) is 20.8 Å². The normalized spacial score (nSPS) is 15.8. The highest BCUT2D eigenvalue weighted by Crippen LogP contribution is 2.22. The zero-order valence-corrected chi connectivity index (χ0v) is 19.0. The molecule has 0 bridgehead atoms. The molecule has 0 radical (unpaired) electrons. The molecule has 0 aliphatic carbocycles. The number of ether oxygens (including phenoxy) is 2. The van der Waals surface area contributed by atoms with Crippen molar-refractivity contribution >= 4 is 22.1 Å². The van der Waals surface area contributed by atoms with Crippen LogP contribution in [0.5, 0.6) is 0 Å². The number of carbonyl (C=O) groups excluding carboxylic acids is 1. The van der Waals surface area contributed by atoms with Gasteiger partial charge in [-0.3, -0.25) is 0 Å². The van der Waals surface area contributed by atoms with E-state index in [4.69, 9.17) is 9.47 Å². The van der Waals surface area contributed by atoms with Crippen LogP contribution >= 0.6 is 0 Å². The summed E-state index contributed by atoms with van der Waals surface area (Å²) in [6.07, 6.45) is 2.95. The second kappa shape index (κ2) is 9.77. The molecule has 0 amide bonds. The highest BCUT2D eigenvalue weighted by Gasteiger charge is 2.25. The van der Waals surface area contributed by atoms with Crippen LogP contribution in [-0.2, 0) is 36.3 Å². The first-order valence-electron chi connectivity index (χ1n) is 10.3. The molecule has 0 aromatic heterocycles. The van der Waals surface area contributed by atoms with Crippen molar-refractivity contribution in [1.29, 1.82) is 0 Å².